The molecule has 0 amide bonds. The minimum Gasteiger partial charge on any atom is -0.421 e. The predicted octanol–water partition coefficient (Wildman–Crippen LogP) is 1.86. The van der Waals surface area contributed by atoms with E-state index in [4.69, 9.17) is 16.0 Å². The van der Waals surface area contributed by atoms with Crippen molar-refractivity contribution in [3.8, 4) is 11.3 Å². The molecule has 100 valence electrons. The molecule has 1 aliphatic rings. The van der Waals surface area contributed by atoms with Crippen molar-refractivity contribution < 1.29 is 4.42 Å². The molecule has 1 aliphatic carbocycles. The summed E-state index contributed by atoms with van der Waals surface area (Å²) in [6, 6.07) is 0. The van der Waals surface area contributed by atoms with Crippen molar-refractivity contribution in [2.75, 3.05) is 19.0 Å². The number of fused-ring (bicyclic) bond motifs is 3. The molecule has 0 aliphatic heterocycles. The molecule has 0 atom stereocenters. The van der Waals surface area contributed by atoms with E-state index in [2.05, 4.69) is 5.10 Å². The second kappa shape index (κ2) is 4.13. The van der Waals surface area contributed by atoms with Crippen LogP contribution in [0.4, 0.5) is 5.69 Å². The van der Waals surface area contributed by atoms with Gasteiger partial charge in [-0.25, -0.2) is 4.79 Å². The molecule has 0 spiro atoms. The monoisotopic (exact) mass is 279 g/mol. The van der Waals surface area contributed by atoms with Crippen molar-refractivity contribution in [3.05, 3.63) is 32.9 Å². The number of hydrogen-bond donors (Lipinski definition) is 0. The van der Waals surface area contributed by atoms with Crippen LogP contribution in [0.25, 0.3) is 11.3 Å². The molecule has 0 saturated carbocycles. The average molecular weight is 280 g/mol. The van der Waals surface area contributed by atoms with E-state index in [1.165, 1.54) is 0 Å². The second-order valence-corrected chi connectivity index (χ2v) is 5.26. The van der Waals surface area contributed by atoms with E-state index in [9.17, 15) is 4.79 Å². The number of halogens is 1. The van der Waals surface area contributed by atoms with E-state index in [0.717, 1.165) is 35.3 Å². The molecule has 2 aromatic heterocycles. The molecule has 0 fully saturated rings. The summed E-state index contributed by atoms with van der Waals surface area (Å²) in [6.07, 6.45) is 3.40. The van der Waals surface area contributed by atoms with Crippen molar-refractivity contribution in [2.24, 2.45) is 7.05 Å². The van der Waals surface area contributed by atoms with E-state index in [1.54, 1.807) is 6.20 Å². The minimum atomic E-state index is -0.499. The van der Waals surface area contributed by atoms with Gasteiger partial charge < -0.3 is 9.32 Å². The molecule has 2 aromatic rings. The molecule has 0 N–H and O–H groups in total. The fraction of sp³-hybridized carbons (Fsp3) is 0.385. The summed E-state index contributed by atoms with van der Waals surface area (Å²) in [7, 11) is 5.64. The third-order valence-corrected chi connectivity index (χ3v) is 3.84. The molecule has 0 aromatic carbocycles. The third kappa shape index (κ3) is 1.69. The van der Waals surface area contributed by atoms with Crippen molar-refractivity contribution in [1.29, 1.82) is 0 Å². The largest absolute Gasteiger partial charge is 0.421 e. The molecule has 0 saturated heterocycles. The van der Waals surface area contributed by atoms with Crippen LogP contribution >= 0.6 is 11.6 Å². The van der Waals surface area contributed by atoms with Crippen LogP contribution in [0.3, 0.4) is 0 Å². The third-order valence-electron chi connectivity index (χ3n) is 3.51. The number of anilines is 1. The Balaban J connectivity index is 2.36. The molecule has 19 heavy (non-hydrogen) atoms. The lowest BCUT2D eigenvalue weighted by atomic mass is 9.94. The summed E-state index contributed by atoms with van der Waals surface area (Å²) >= 11 is 6.09. The molecule has 0 radical (unpaired) electrons. The SMILES string of the molecule is CN(C)c1c2c(oc(=O)c1Cl)-c1cnn(C)c1CC2. The van der Waals surface area contributed by atoms with Crippen molar-refractivity contribution in [3.63, 3.8) is 0 Å². The van der Waals surface area contributed by atoms with Crippen LogP contribution in [0, 0.1) is 0 Å². The molecule has 0 unspecified atom stereocenters. The minimum absolute atomic E-state index is 0.149. The van der Waals surface area contributed by atoms with E-state index < -0.39 is 5.63 Å². The highest BCUT2D eigenvalue weighted by Gasteiger charge is 2.27. The molecule has 3 rings (SSSR count). The zero-order valence-electron chi connectivity index (χ0n) is 11.0. The van der Waals surface area contributed by atoms with Gasteiger partial charge in [-0.05, 0) is 12.8 Å². The summed E-state index contributed by atoms with van der Waals surface area (Å²) in [4.78, 5) is 13.7. The first-order valence-corrected chi connectivity index (χ1v) is 6.42. The Morgan fingerprint density at radius 1 is 1.42 bits per heavy atom. The van der Waals surface area contributed by atoms with Gasteiger partial charge in [0.25, 0.3) is 0 Å². The van der Waals surface area contributed by atoms with E-state index >= 15 is 0 Å². The van der Waals surface area contributed by atoms with Crippen LogP contribution in [0.1, 0.15) is 11.3 Å². The number of hydrogen-bond acceptors (Lipinski definition) is 4. The zero-order chi connectivity index (χ0) is 13.7. The number of aromatic nitrogens is 2. The summed E-state index contributed by atoms with van der Waals surface area (Å²) in [5.74, 6) is 0.604. The van der Waals surface area contributed by atoms with Crippen molar-refractivity contribution >= 4 is 17.3 Å². The Bertz CT molecular complexity index is 715. The maximum absolute atomic E-state index is 11.9. The van der Waals surface area contributed by atoms with Gasteiger partial charge in [-0.2, -0.15) is 5.10 Å². The topological polar surface area (TPSA) is 51.3 Å². The lowest BCUT2D eigenvalue weighted by Crippen LogP contribution is -2.20. The van der Waals surface area contributed by atoms with E-state index in [0.29, 0.717) is 5.76 Å². The molecule has 0 bridgehead atoms. The Morgan fingerprint density at radius 2 is 2.16 bits per heavy atom. The summed E-state index contributed by atoms with van der Waals surface area (Å²) in [5.41, 5.74) is 3.21. The summed E-state index contributed by atoms with van der Waals surface area (Å²) < 4.78 is 7.22. The normalized spacial score (nSPS) is 13.1. The first kappa shape index (κ1) is 12.3. The number of nitrogens with zero attached hydrogens (tertiary/aromatic N) is 3. The lowest BCUT2D eigenvalue weighted by Gasteiger charge is -2.23. The first-order chi connectivity index (χ1) is 9.00. The fourth-order valence-electron chi connectivity index (χ4n) is 2.64. The summed E-state index contributed by atoms with van der Waals surface area (Å²) in [6.45, 7) is 0. The maximum Gasteiger partial charge on any atom is 0.357 e. The first-order valence-electron chi connectivity index (χ1n) is 6.04. The van der Waals surface area contributed by atoms with Gasteiger partial charge in [0, 0.05) is 32.4 Å². The van der Waals surface area contributed by atoms with E-state index in [-0.39, 0.29) is 5.02 Å². The Kier molecular flexibility index (Phi) is 2.67. The highest BCUT2D eigenvalue weighted by Crippen LogP contribution is 2.39. The van der Waals surface area contributed by atoms with Crippen molar-refractivity contribution in [2.45, 2.75) is 12.8 Å². The van der Waals surface area contributed by atoms with Gasteiger partial charge in [0.05, 0.1) is 17.4 Å². The van der Waals surface area contributed by atoms with Crippen LogP contribution in [-0.2, 0) is 19.9 Å². The standard InChI is InChI=1S/C13H14ClN3O2/c1-16(2)11-7-4-5-9-8(6-15-17(9)3)12(7)19-13(18)10(11)14/h6H,4-5H2,1-3H3. The van der Waals surface area contributed by atoms with Gasteiger partial charge in [-0.15, -0.1) is 0 Å². The molecule has 2 heterocycles. The zero-order valence-corrected chi connectivity index (χ0v) is 11.8. The average Bonchev–Trinajstić information content (AvgIpc) is 2.73. The van der Waals surface area contributed by atoms with Gasteiger partial charge in [0.1, 0.15) is 10.8 Å². The molecule has 6 heteroatoms. The Labute approximate surface area is 115 Å². The van der Waals surface area contributed by atoms with Gasteiger partial charge in [0.2, 0.25) is 0 Å². The predicted molar refractivity (Wildman–Crippen MR) is 73.9 cm³/mol. The Hall–Kier alpha value is -1.75. The molecular formula is C13H14ClN3O2. The van der Waals surface area contributed by atoms with Crippen LogP contribution in [0.2, 0.25) is 5.02 Å². The quantitative estimate of drug-likeness (QED) is 0.799. The van der Waals surface area contributed by atoms with Gasteiger partial charge in [0.15, 0.2) is 0 Å². The second-order valence-electron chi connectivity index (χ2n) is 4.88. The highest BCUT2D eigenvalue weighted by atomic mass is 35.5. The van der Waals surface area contributed by atoms with E-state index in [1.807, 2.05) is 30.7 Å². The Morgan fingerprint density at radius 3 is 2.84 bits per heavy atom. The van der Waals surface area contributed by atoms with Crippen LogP contribution in [0.15, 0.2) is 15.4 Å². The van der Waals surface area contributed by atoms with Gasteiger partial charge >= 0.3 is 5.63 Å². The van der Waals surface area contributed by atoms with Gasteiger partial charge in [-0.3, -0.25) is 4.68 Å². The summed E-state index contributed by atoms with van der Waals surface area (Å²) in [5, 5.41) is 4.38. The van der Waals surface area contributed by atoms with Gasteiger partial charge in [-0.1, -0.05) is 11.6 Å². The number of aryl methyl sites for hydroxylation is 1. The van der Waals surface area contributed by atoms with Crippen molar-refractivity contribution in [1.82, 2.24) is 9.78 Å². The van der Waals surface area contributed by atoms with Crippen LogP contribution in [0.5, 0.6) is 0 Å². The maximum atomic E-state index is 11.9. The lowest BCUT2D eigenvalue weighted by molar-refractivity contribution is 0.514. The molecular weight excluding hydrogens is 266 g/mol. The van der Waals surface area contributed by atoms with Crippen LogP contribution < -0.4 is 10.5 Å². The highest BCUT2D eigenvalue weighted by molar-refractivity contribution is 6.33. The number of rotatable bonds is 1. The fourth-order valence-corrected chi connectivity index (χ4v) is 2.97. The molecule has 5 nitrogen and oxygen atoms in total. The smallest absolute Gasteiger partial charge is 0.357 e. The van der Waals surface area contributed by atoms with Crippen LogP contribution in [-0.4, -0.2) is 23.9 Å².